The fraction of sp³-hybridized carbons (Fsp3) is 0.0769. The number of rotatable bonds is 12. The first-order valence-electron chi connectivity index (χ1n) is 15.1. The molecule has 0 aliphatic rings. The molecule has 0 aliphatic carbocycles. The quantitative estimate of drug-likeness (QED) is 0.104. The molecule has 0 atom stereocenters. The van der Waals surface area contributed by atoms with Gasteiger partial charge in [0.15, 0.2) is 0 Å². The second-order valence-corrected chi connectivity index (χ2v) is 13.4. The van der Waals surface area contributed by atoms with Gasteiger partial charge in [0, 0.05) is 11.1 Å². The largest absolute Gasteiger partial charge is 0.549 e. The summed E-state index contributed by atoms with van der Waals surface area (Å²) in [5.41, 5.74) is 9.61. The van der Waals surface area contributed by atoms with Crippen LogP contribution in [-0.2, 0) is 0 Å². The zero-order chi connectivity index (χ0) is 29.1. The average Bonchev–Trinajstić information content (AvgIpc) is 3.09. The molecule has 6 rings (SSSR count). The Morgan fingerprint density at radius 1 is 0.349 bits per heavy atom. The van der Waals surface area contributed by atoms with Crippen molar-refractivity contribution in [2.75, 3.05) is 0 Å². The fourth-order valence-corrected chi connectivity index (χ4v) is 8.60. The second kappa shape index (κ2) is 14.5. The Morgan fingerprint density at radius 3 is 1.07 bits per heavy atom. The molecular weight excluding hydrogens is 557 g/mol. The monoisotopic (exact) mass is 592 g/mol. The predicted octanol–water partition coefficient (Wildman–Crippen LogP) is 9.21. The minimum absolute atomic E-state index is 0.724. The van der Waals surface area contributed by atoms with E-state index in [1.165, 1.54) is 44.5 Å². The van der Waals surface area contributed by atoms with Gasteiger partial charge in [-0.1, -0.05) is 152 Å². The first-order chi connectivity index (χ1) is 21.4. The van der Waals surface area contributed by atoms with Crippen LogP contribution in [0.15, 0.2) is 158 Å². The molecule has 0 bridgehead atoms. The molecule has 212 valence electrons. The average molecular weight is 593 g/mol. The highest BCUT2D eigenvalue weighted by atomic mass is 28.2. The van der Waals surface area contributed by atoms with Gasteiger partial charge in [0.05, 0.1) is 0 Å². The minimum Gasteiger partial charge on any atom is -0.549 e. The highest BCUT2D eigenvalue weighted by Crippen LogP contribution is 2.40. The molecule has 0 heterocycles. The van der Waals surface area contributed by atoms with Crippen LogP contribution in [0, 0.1) is 0 Å². The summed E-state index contributed by atoms with van der Waals surface area (Å²) in [6.07, 6.45) is 1.15. The Labute approximate surface area is 259 Å². The van der Waals surface area contributed by atoms with E-state index in [0.29, 0.717) is 0 Å². The molecule has 43 heavy (non-hydrogen) atoms. The van der Waals surface area contributed by atoms with Gasteiger partial charge in [-0.3, -0.25) is 0 Å². The van der Waals surface area contributed by atoms with Crippen molar-refractivity contribution in [3.8, 4) is 56.0 Å². The highest BCUT2D eigenvalue weighted by molar-refractivity contribution is 6.30. The number of hydrogen-bond donors (Lipinski definition) is 0. The van der Waals surface area contributed by atoms with E-state index in [4.69, 9.17) is 8.85 Å². The lowest BCUT2D eigenvalue weighted by Gasteiger charge is -2.17. The SMILES string of the molecule is c1ccc(-c2cccc(O[SiH2]CCC[SiH2]Oc3cccc(-c4ccccc4)c3-c3ccccc3)c2-c2ccccc2)cc1. The topological polar surface area (TPSA) is 18.5 Å². The number of benzene rings is 6. The standard InChI is InChI=1S/C39H36O2Si2/c1-5-16-30(17-6-1)34-24-13-26-36(38(34)32-20-9-3-10-21-32)40-42-28-15-29-43-41-37-27-14-25-35(31-18-7-2-8-19-31)39(37)33-22-11-4-12-23-33/h1-14,16-27H,15,28-29,42-43H2. The molecule has 0 saturated carbocycles. The lowest BCUT2D eigenvalue weighted by Crippen LogP contribution is -2.06. The Kier molecular flexibility index (Phi) is 9.60. The maximum Gasteiger partial charge on any atom is 0.219 e. The lowest BCUT2D eigenvalue weighted by atomic mass is 9.94. The summed E-state index contributed by atoms with van der Waals surface area (Å²) in [7, 11) is -1.45. The van der Waals surface area contributed by atoms with E-state index in [0.717, 1.165) is 30.0 Å². The molecule has 6 aromatic carbocycles. The van der Waals surface area contributed by atoms with Gasteiger partial charge in [-0.15, -0.1) is 0 Å². The summed E-state index contributed by atoms with van der Waals surface area (Å²) < 4.78 is 13.1. The van der Waals surface area contributed by atoms with Crippen LogP contribution in [0.25, 0.3) is 44.5 Å². The third-order valence-corrected chi connectivity index (χ3v) is 10.3. The van der Waals surface area contributed by atoms with Crippen molar-refractivity contribution in [1.82, 2.24) is 0 Å². The summed E-state index contributed by atoms with van der Waals surface area (Å²) in [5, 5.41) is 0. The summed E-state index contributed by atoms with van der Waals surface area (Å²) in [6, 6.07) is 57.6. The van der Waals surface area contributed by atoms with Crippen LogP contribution in [-0.4, -0.2) is 19.5 Å². The first-order valence-corrected chi connectivity index (χ1v) is 18.3. The molecule has 0 fully saturated rings. The molecule has 2 nitrogen and oxygen atoms in total. The van der Waals surface area contributed by atoms with Crippen LogP contribution in [0.4, 0.5) is 0 Å². The van der Waals surface area contributed by atoms with Crippen molar-refractivity contribution in [2.24, 2.45) is 0 Å². The van der Waals surface area contributed by atoms with E-state index in [1.54, 1.807) is 0 Å². The Morgan fingerprint density at radius 2 is 0.698 bits per heavy atom. The molecule has 0 spiro atoms. The zero-order valence-corrected chi connectivity index (χ0v) is 27.2. The number of hydrogen-bond acceptors (Lipinski definition) is 2. The smallest absolute Gasteiger partial charge is 0.219 e. The van der Waals surface area contributed by atoms with E-state index in [9.17, 15) is 0 Å². The molecule has 0 N–H and O–H groups in total. The second-order valence-electron chi connectivity index (χ2n) is 10.6. The van der Waals surface area contributed by atoms with Crippen molar-refractivity contribution in [2.45, 2.75) is 18.5 Å². The van der Waals surface area contributed by atoms with Gasteiger partial charge >= 0.3 is 0 Å². The normalized spacial score (nSPS) is 11.3. The van der Waals surface area contributed by atoms with Crippen molar-refractivity contribution in [1.29, 1.82) is 0 Å². The maximum absolute atomic E-state index is 6.57. The molecular formula is C39H36O2Si2. The van der Waals surface area contributed by atoms with Crippen LogP contribution in [0.5, 0.6) is 11.5 Å². The first kappa shape index (κ1) is 28.5. The van der Waals surface area contributed by atoms with Crippen LogP contribution < -0.4 is 8.85 Å². The van der Waals surface area contributed by atoms with E-state index in [1.807, 2.05) is 0 Å². The van der Waals surface area contributed by atoms with Crippen molar-refractivity contribution in [3.63, 3.8) is 0 Å². The highest BCUT2D eigenvalue weighted by Gasteiger charge is 2.15. The van der Waals surface area contributed by atoms with Gasteiger partial charge in [-0.05, 0) is 57.6 Å². The van der Waals surface area contributed by atoms with E-state index < -0.39 is 19.5 Å². The molecule has 4 heteroatoms. The minimum atomic E-state index is -0.724. The Bertz CT molecular complexity index is 1590. The Balaban J connectivity index is 1.10. The van der Waals surface area contributed by atoms with Crippen LogP contribution in [0.3, 0.4) is 0 Å². The third kappa shape index (κ3) is 7.05. The van der Waals surface area contributed by atoms with Crippen molar-refractivity contribution < 1.29 is 8.85 Å². The van der Waals surface area contributed by atoms with E-state index in [-0.39, 0.29) is 0 Å². The summed E-state index contributed by atoms with van der Waals surface area (Å²) in [6.45, 7) is 0. The third-order valence-electron chi connectivity index (χ3n) is 7.65. The maximum atomic E-state index is 6.57. The fourth-order valence-electron chi connectivity index (χ4n) is 5.57. The van der Waals surface area contributed by atoms with Crippen LogP contribution >= 0.6 is 0 Å². The predicted molar refractivity (Wildman–Crippen MR) is 187 cm³/mol. The molecule has 0 amide bonds. The molecule has 0 aromatic heterocycles. The van der Waals surface area contributed by atoms with Crippen LogP contribution in [0.2, 0.25) is 12.1 Å². The van der Waals surface area contributed by atoms with Crippen LogP contribution in [0.1, 0.15) is 6.42 Å². The van der Waals surface area contributed by atoms with E-state index >= 15 is 0 Å². The summed E-state index contributed by atoms with van der Waals surface area (Å²) in [4.78, 5) is 0. The van der Waals surface area contributed by atoms with Crippen molar-refractivity contribution in [3.05, 3.63) is 158 Å². The van der Waals surface area contributed by atoms with Gasteiger partial charge in [-0.2, -0.15) is 0 Å². The Hall–Kier alpha value is -4.65. The lowest BCUT2D eigenvalue weighted by molar-refractivity contribution is 0.584. The molecule has 6 aromatic rings. The van der Waals surface area contributed by atoms with Gasteiger partial charge < -0.3 is 8.85 Å². The summed E-state index contributed by atoms with van der Waals surface area (Å²) in [5.74, 6) is 2.00. The van der Waals surface area contributed by atoms with Crippen molar-refractivity contribution >= 4 is 19.5 Å². The van der Waals surface area contributed by atoms with Gasteiger partial charge in [0.2, 0.25) is 19.5 Å². The zero-order valence-electron chi connectivity index (χ0n) is 24.4. The van der Waals surface area contributed by atoms with E-state index in [2.05, 4.69) is 158 Å². The van der Waals surface area contributed by atoms with Gasteiger partial charge in [0.25, 0.3) is 0 Å². The van der Waals surface area contributed by atoms with Gasteiger partial charge in [-0.25, -0.2) is 0 Å². The molecule has 0 unspecified atom stereocenters. The molecule has 0 radical (unpaired) electrons. The summed E-state index contributed by atoms with van der Waals surface area (Å²) >= 11 is 0. The molecule has 0 aliphatic heterocycles. The molecule has 0 saturated heterocycles. The van der Waals surface area contributed by atoms with Gasteiger partial charge in [0.1, 0.15) is 11.5 Å².